The number of nitrogens with zero attached hydrogens (tertiary/aromatic N) is 2. The molecule has 1 heterocycles. The lowest BCUT2D eigenvalue weighted by Crippen LogP contribution is -2.51. The molecule has 1 saturated heterocycles. The molecular formula is C58H104N2O4. The van der Waals surface area contributed by atoms with Crippen LogP contribution in [0.5, 0.6) is 0 Å². The van der Waals surface area contributed by atoms with Crippen LogP contribution >= 0.6 is 0 Å². The van der Waals surface area contributed by atoms with Gasteiger partial charge in [-0.05, 0) is 163 Å². The predicted molar refractivity (Wildman–Crippen MR) is 272 cm³/mol. The fourth-order valence-electron chi connectivity index (χ4n) is 13.7. The summed E-state index contributed by atoms with van der Waals surface area (Å²) in [5, 5.41) is 0. The standard InChI is InChI=1S/C58H104N2O4/c1-9-10-11-12-13-14-15-16-17-18-19-20-21-22-23-24-38-62-46-52(45-60-37-34-50(44-60)59(7)8)64-42-40-61-39-41-63-51-32-35-57(5)49(43-51)28-29-53-55-31-30-54(48(4)27-25-26-47(2)3)58(55,6)36-33-56(53)57/h13-14,16-17,28,47-48,50-56H,9-12,15,18-27,29-46H2,1-8H3/t48-,50-,51+,52?,53?,54-,55?,56?,57+,58-/m1/s1. The van der Waals surface area contributed by atoms with Gasteiger partial charge in [-0.3, -0.25) is 4.90 Å². The maximum absolute atomic E-state index is 6.54. The van der Waals surface area contributed by atoms with Gasteiger partial charge in [-0.2, -0.15) is 0 Å². The zero-order chi connectivity index (χ0) is 45.6. The summed E-state index contributed by atoms with van der Waals surface area (Å²) in [7, 11) is 4.41. The summed E-state index contributed by atoms with van der Waals surface area (Å²) in [4.78, 5) is 4.94. The fraction of sp³-hybridized carbons (Fsp3) is 0.897. The molecule has 3 saturated carbocycles. The Balaban J connectivity index is 0.931. The number of fused-ring (bicyclic) bond motifs is 5. The van der Waals surface area contributed by atoms with Gasteiger partial charge in [0, 0.05) is 25.7 Å². The van der Waals surface area contributed by atoms with Gasteiger partial charge in [0.05, 0.1) is 45.2 Å². The average molecular weight is 893 g/mol. The Hall–Kier alpha value is -1.02. The minimum absolute atomic E-state index is 0.0846. The third-order valence-corrected chi connectivity index (χ3v) is 17.7. The number of hydrogen-bond donors (Lipinski definition) is 0. The smallest absolute Gasteiger partial charge is 0.0936 e. The molecule has 6 nitrogen and oxygen atoms in total. The van der Waals surface area contributed by atoms with Crippen molar-refractivity contribution in [3.63, 3.8) is 0 Å². The predicted octanol–water partition coefficient (Wildman–Crippen LogP) is 14.3. The average Bonchev–Trinajstić information content (AvgIpc) is 3.90. The SMILES string of the molecule is CCCCCC=CCC=CCCCCCCCCOCC(CN1CC[C@@H](N(C)C)C1)OCCOCCO[C@H]1CC[C@@]2(C)C(=CCC3C2CC[C@@]2(C)C3CC[C@@H]2[C@H](C)CCCC(C)C)C1. The lowest BCUT2D eigenvalue weighted by atomic mass is 9.47. The molecular weight excluding hydrogens is 789 g/mol. The summed E-state index contributed by atoms with van der Waals surface area (Å²) < 4.78 is 25.3. The fourth-order valence-corrected chi connectivity index (χ4v) is 13.7. The topological polar surface area (TPSA) is 43.4 Å². The number of rotatable bonds is 33. The van der Waals surface area contributed by atoms with Crippen molar-refractivity contribution in [3.8, 4) is 0 Å². The van der Waals surface area contributed by atoms with Crippen molar-refractivity contribution in [1.82, 2.24) is 9.80 Å². The third kappa shape index (κ3) is 16.9. The Morgan fingerprint density at radius 2 is 1.50 bits per heavy atom. The van der Waals surface area contributed by atoms with Crippen LogP contribution in [-0.4, -0.2) is 101 Å². The molecule has 0 spiro atoms. The molecule has 5 aliphatic rings. The Morgan fingerprint density at radius 1 is 0.750 bits per heavy atom. The van der Waals surface area contributed by atoms with E-state index < -0.39 is 0 Å². The van der Waals surface area contributed by atoms with Crippen LogP contribution in [0.1, 0.15) is 196 Å². The molecule has 1 aliphatic heterocycles. The maximum Gasteiger partial charge on any atom is 0.0936 e. The van der Waals surface area contributed by atoms with Gasteiger partial charge in [0.1, 0.15) is 0 Å². The molecule has 0 bridgehead atoms. The minimum Gasteiger partial charge on any atom is -0.379 e. The maximum atomic E-state index is 6.54. The zero-order valence-corrected chi connectivity index (χ0v) is 43.4. The first-order chi connectivity index (χ1) is 31.0. The third-order valence-electron chi connectivity index (χ3n) is 17.7. The van der Waals surface area contributed by atoms with Crippen LogP contribution in [0, 0.1) is 46.3 Å². The van der Waals surface area contributed by atoms with Crippen LogP contribution in [-0.2, 0) is 18.9 Å². The first-order valence-corrected chi connectivity index (χ1v) is 27.8. The quantitative estimate of drug-likeness (QED) is 0.0483. The summed E-state index contributed by atoms with van der Waals surface area (Å²) in [6.07, 6.45) is 44.1. The highest BCUT2D eigenvalue weighted by Crippen LogP contribution is 2.67. The van der Waals surface area contributed by atoms with E-state index >= 15 is 0 Å². The van der Waals surface area contributed by atoms with Crippen molar-refractivity contribution in [2.45, 2.75) is 214 Å². The van der Waals surface area contributed by atoms with Crippen molar-refractivity contribution in [1.29, 1.82) is 0 Å². The number of likely N-dealkylation sites (N-methyl/N-ethyl adjacent to an activating group) is 1. The first-order valence-electron chi connectivity index (χ1n) is 27.8. The van der Waals surface area contributed by atoms with Crippen LogP contribution in [0.4, 0.5) is 0 Å². The van der Waals surface area contributed by atoms with Crippen LogP contribution in [0.25, 0.3) is 0 Å². The lowest BCUT2D eigenvalue weighted by molar-refractivity contribution is -0.0731. The van der Waals surface area contributed by atoms with E-state index in [1.165, 1.54) is 135 Å². The summed E-state index contributed by atoms with van der Waals surface area (Å²) in [5.74, 6) is 5.35. The first kappa shape index (κ1) is 53.9. The van der Waals surface area contributed by atoms with Gasteiger partial charge in [0.15, 0.2) is 0 Å². The largest absolute Gasteiger partial charge is 0.379 e. The van der Waals surface area contributed by atoms with Crippen molar-refractivity contribution in [2.75, 3.05) is 73.4 Å². The zero-order valence-electron chi connectivity index (χ0n) is 43.4. The van der Waals surface area contributed by atoms with Crippen LogP contribution in [0.2, 0.25) is 0 Å². The van der Waals surface area contributed by atoms with Crippen LogP contribution < -0.4 is 0 Å². The second-order valence-electron chi connectivity index (χ2n) is 23.0. The van der Waals surface area contributed by atoms with E-state index in [4.69, 9.17) is 18.9 Å². The summed E-state index contributed by atoms with van der Waals surface area (Å²) >= 11 is 0. The van der Waals surface area contributed by atoms with E-state index in [-0.39, 0.29) is 6.10 Å². The monoisotopic (exact) mass is 893 g/mol. The molecule has 6 heteroatoms. The van der Waals surface area contributed by atoms with E-state index in [9.17, 15) is 0 Å². The highest BCUT2D eigenvalue weighted by atomic mass is 16.6. The van der Waals surface area contributed by atoms with Crippen molar-refractivity contribution < 1.29 is 18.9 Å². The van der Waals surface area contributed by atoms with E-state index in [1.54, 1.807) is 5.57 Å². The molecule has 0 N–H and O–H groups in total. The molecule has 0 aromatic rings. The number of allylic oxidation sites excluding steroid dienone is 5. The Kier molecular flexibility index (Phi) is 24.5. The van der Waals surface area contributed by atoms with Gasteiger partial charge in [-0.15, -0.1) is 0 Å². The molecule has 64 heavy (non-hydrogen) atoms. The van der Waals surface area contributed by atoms with Gasteiger partial charge < -0.3 is 23.8 Å². The summed E-state index contributed by atoms with van der Waals surface area (Å²) in [6, 6.07) is 0.633. The molecule has 10 atom stereocenters. The van der Waals surface area contributed by atoms with Crippen LogP contribution in [0.15, 0.2) is 36.0 Å². The van der Waals surface area contributed by atoms with Gasteiger partial charge in [-0.1, -0.05) is 135 Å². The Morgan fingerprint density at radius 3 is 2.25 bits per heavy atom. The highest BCUT2D eigenvalue weighted by Gasteiger charge is 2.59. The number of ether oxygens (including phenoxy) is 4. The lowest BCUT2D eigenvalue weighted by Gasteiger charge is -2.58. The van der Waals surface area contributed by atoms with E-state index in [1.807, 2.05) is 0 Å². The molecule has 4 unspecified atom stereocenters. The van der Waals surface area contributed by atoms with E-state index in [0.717, 1.165) is 81.0 Å². The van der Waals surface area contributed by atoms with Gasteiger partial charge >= 0.3 is 0 Å². The normalized spacial score (nSPS) is 30.7. The number of unbranched alkanes of at least 4 members (excludes halogenated alkanes) is 9. The van der Waals surface area contributed by atoms with Crippen molar-refractivity contribution in [3.05, 3.63) is 36.0 Å². The Bertz CT molecular complexity index is 1350. The van der Waals surface area contributed by atoms with Crippen molar-refractivity contribution in [2.24, 2.45) is 46.3 Å². The molecule has 0 aromatic heterocycles. The Labute approximate surface area is 396 Å². The summed E-state index contributed by atoms with van der Waals surface area (Å²) in [5.41, 5.74) is 2.67. The van der Waals surface area contributed by atoms with Gasteiger partial charge in [0.2, 0.25) is 0 Å². The second-order valence-corrected chi connectivity index (χ2v) is 23.0. The van der Waals surface area contributed by atoms with Gasteiger partial charge in [0.25, 0.3) is 0 Å². The van der Waals surface area contributed by atoms with E-state index in [0.29, 0.717) is 56.0 Å². The number of hydrogen-bond acceptors (Lipinski definition) is 6. The van der Waals surface area contributed by atoms with Gasteiger partial charge in [-0.25, -0.2) is 0 Å². The second kappa shape index (κ2) is 29.1. The molecule has 4 fully saturated rings. The molecule has 370 valence electrons. The molecule has 0 amide bonds. The van der Waals surface area contributed by atoms with E-state index in [2.05, 4.69) is 95.8 Å². The molecule has 0 aromatic carbocycles. The highest BCUT2D eigenvalue weighted by molar-refractivity contribution is 5.25. The van der Waals surface area contributed by atoms with Crippen LogP contribution in [0.3, 0.4) is 0 Å². The van der Waals surface area contributed by atoms with Crippen molar-refractivity contribution >= 4 is 0 Å². The summed E-state index contributed by atoms with van der Waals surface area (Å²) in [6.45, 7) is 22.3. The minimum atomic E-state index is 0.0846. The molecule has 5 rings (SSSR count). The number of likely N-dealkylation sites (tertiary alicyclic amines) is 1. The molecule has 0 radical (unpaired) electrons. The molecule has 4 aliphatic carbocycles.